The maximum absolute atomic E-state index is 13.3. The average Bonchev–Trinajstić information content (AvgIpc) is 3.52. The Morgan fingerprint density at radius 3 is 2.05 bits per heavy atom. The summed E-state index contributed by atoms with van der Waals surface area (Å²) in [5.74, 6) is 0.126. The highest BCUT2D eigenvalue weighted by molar-refractivity contribution is 6.23. The molecule has 1 radical (unpaired) electrons. The Morgan fingerprint density at radius 2 is 1.40 bits per heavy atom. The van der Waals surface area contributed by atoms with Gasteiger partial charge in [0, 0.05) is 51.4 Å². The van der Waals surface area contributed by atoms with Gasteiger partial charge in [-0.15, -0.1) is 0 Å². The van der Waals surface area contributed by atoms with E-state index >= 15 is 0 Å². The summed E-state index contributed by atoms with van der Waals surface area (Å²) < 4.78 is 11.4. The van der Waals surface area contributed by atoms with Crippen molar-refractivity contribution in [3.05, 3.63) is 125 Å². The molecule has 0 spiro atoms. The smallest absolute Gasteiger partial charge is 0.537 e. The van der Waals surface area contributed by atoms with Gasteiger partial charge in [-0.2, -0.15) is 0 Å². The monoisotopic (exact) mass is 808 g/mol. The summed E-state index contributed by atoms with van der Waals surface area (Å²) >= 11 is 0. The van der Waals surface area contributed by atoms with E-state index < -0.39 is 23.8 Å². The van der Waals surface area contributed by atoms with Crippen LogP contribution in [0.3, 0.4) is 0 Å². The molecule has 4 heterocycles. The summed E-state index contributed by atoms with van der Waals surface area (Å²) in [6.07, 6.45) is 3.41. The molecule has 0 bridgehead atoms. The fraction of sp³-hybridized carbons (Fsp3) is 0.362. The molecule has 4 aliphatic heterocycles. The van der Waals surface area contributed by atoms with Gasteiger partial charge in [0.15, 0.2) is 0 Å². The van der Waals surface area contributed by atoms with Crippen molar-refractivity contribution in [3.63, 3.8) is 0 Å². The second-order valence-electron chi connectivity index (χ2n) is 15.9. The molecule has 4 aromatic rings. The number of piperazine rings is 1. The van der Waals surface area contributed by atoms with Gasteiger partial charge in [-0.05, 0) is 115 Å². The van der Waals surface area contributed by atoms with Crippen LogP contribution in [-0.4, -0.2) is 116 Å². The van der Waals surface area contributed by atoms with Crippen LogP contribution in [-0.2, 0) is 9.59 Å². The number of likely N-dealkylation sites (tertiary alicyclic amines) is 1. The number of hydrogen-bond acceptors (Lipinski definition) is 10. The Morgan fingerprint density at radius 1 is 0.733 bits per heavy atom. The average molecular weight is 809 g/mol. The normalized spacial score (nSPS) is 19.5. The fourth-order valence-electron chi connectivity index (χ4n) is 9.05. The van der Waals surface area contributed by atoms with Crippen LogP contribution >= 0.6 is 0 Å². The number of piperidine rings is 2. The number of amides is 4. The van der Waals surface area contributed by atoms with Crippen LogP contribution in [0.4, 0.5) is 5.69 Å². The lowest BCUT2D eigenvalue weighted by Gasteiger charge is -2.39. The number of anilines is 1. The van der Waals surface area contributed by atoms with E-state index in [0.717, 1.165) is 105 Å². The van der Waals surface area contributed by atoms with E-state index in [2.05, 4.69) is 75.5 Å². The molecule has 0 aliphatic carbocycles. The van der Waals surface area contributed by atoms with Gasteiger partial charge in [-0.1, -0.05) is 61.5 Å². The number of fused-ring (bicyclic) bond motifs is 1. The van der Waals surface area contributed by atoms with Gasteiger partial charge in [0.1, 0.15) is 24.1 Å². The summed E-state index contributed by atoms with van der Waals surface area (Å²) in [7, 11) is 0.694. The number of rotatable bonds is 14. The van der Waals surface area contributed by atoms with E-state index in [1.54, 1.807) is 12.1 Å². The third kappa shape index (κ3) is 9.03. The zero-order chi connectivity index (χ0) is 41.6. The summed E-state index contributed by atoms with van der Waals surface area (Å²) in [5, 5.41) is 11.3. The Balaban J connectivity index is 0.791. The van der Waals surface area contributed by atoms with Crippen LogP contribution in [0.5, 0.6) is 11.5 Å². The molecule has 4 aromatic carbocycles. The SMILES string of the molecule is CC/C(=C(\c1ccc(O[B]O)cc1)c1ccc(OCCN2CCC(CN3CCN(c4ccc5c(c4)C(=O)N(C4CCC(=O)NC4=O)C5=O)CC3)CC2)cc1)c1ccccc1. The molecule has 309 valence electrons. The number of carbonyl (C=O) groups excluding carboxylic acids is 4. The van der Waals surface area contributed by atoms with E-state index in [4.69, 9.17) is 14.4 Å². The molecular formula is C47H51BN5O7. The van der Waals surface area contributed by atoms with Gasteiger partial charge >= 0.3 is 7.69 Å². The Kier molecular flexibility index (Phi) is 12.8. The van der Waals surface area contributed by atoms with Crippen molar-refractivity contribution in [1.82, 2.24) is 20.0 Å². The maximum Gasteiger partial charge on any atom is 0.569 e. The van der Waals surface area contributed by atoms with Crippen LogP contribution in [0, 0.1) is 5.92 Å². The third-order valence-electron chi connectivity index (χ3n) is 12.3. The third-order valence-corrected chi connectivity index (χ3v) is 12.3. The van der Waals surface area contributed by atoms with Crippen LogP contribution < -0.4 is 19.6 Å². The number of ether oxygens (including phenoxy) is 1. The van der Waals surface area contributed by atoms with Crippen molar-refractivity contribution in [2.75, 3.05) is 63.9 Å². The van der Waals surface area contributed by atoms with Gasteiger partial charge in [0.2, 0.25) is 11.8 Å². The molecule has 4 amide bonds. The molecule has 12 nitrogen and oxygen atoms in total. The number of benzene rings is 4. The van der Waals surface area contributed by atoms with Crippen LogP contribution in [0.15, 0.2) is 97.1 Å². The second kappa shape index (κ2) is 18.7. The number of imide groups is 2. The Bertz CT molecular complexity index is 2220. The van der Waals surface area contributed by atoms with E-state index in [1.807, 2.05) is 36.4 Å². The molecule has 1 atom stereocenters. The summed E-state index contributed by atoms with van der Waals surface area (Å²) in [4.78, 5) is 58.9. The summed E-state index contributed by atoms with van der Waals surface area (Å²) in [5.41, 5.74) is 7.27. The van der Waals surface area contributed by atoms with Crippen LogP contribution in [0.25, 0.3) is 11.1 Å². The Labute approximate surface area is 352 Å². The molecule has 3 fully saturated rings. The fourth-order valence-corrected chi connectivity index (χ4v) is 9.05. The molecular weight excluding hydrogens is 757 g/mol. The first-order valence-electron chi connectivity index (χ1n) is 21.1. The van der Waals surface area contributed by atoms with Gasteiger partial charge < -0.3 is 19.3 Å². The topological polar surface area (TPSA) is 132 Å². The highest BCUT2D eigenvalue weighted by Crippen LogP contribution is 2.36. The van der Waals surface area contributed by atoms with Crippen molar-refractivity contribution < 1.29 is 33.6 Å². The predicted octanol–water partition coefficient (Wildman–Crippen LogP) is 5.28. The van der Waals surface area contributed by atoms with E-state index in [1.165, 1.54) is 11.1 Å². The van der Waals surface area contributed by atoms with Gasteiger partial charge in [0.25, 0.3) is 11.8 Å². The quantitative estimate of drug-likeness (QED) is 0.0987. The number of hydrogen-bond donors (Lipinski definition) is 2. The lowest BCUT2D eigenvalue weighted by molar-refractivity contribution is -0.136. The minimum Gasteiger partial charge on any atom is -0.537 e. The standard InChI is InChI=1S/C47H51BN5O7/c1-2-39(33-6-4-3-5-7-33)44(35-10-15-38(16-11-35)60-48-58)34-8-13-37(14-9-34)59-29-28-50-22-20-32(21-23-50)31-51-24-26-52(27-25-51)36-12-17-40-41(30-36)47(57)53(46(40)56)42-18-19-43(54)49-45(42)55/h3-17,30,32,42,58H,2,18-29,31H2,1H3,(H,49,54,55)/b44-39+. The second-order valence-corrected chi connectivity index (χ2v) is 15.9. The lowest BCUT2D eigenvalue weighted by Crippen LogP contribution is -2.54. The highest BCUT2D eigenvalue weighted by atomic mass is 16.5. The van der Waals surface area contributed by atoms with Crippen LogP contribution in [0.1, 0.15) is 76.4 Å². The van der Waals surface area contributed by atoms with Crippen molar-refractivity contribution in [1.29, 1.82) is 0 Å². The van der Waals surface area contributed by atoms with Gasteiger partial charge in [-0.3, -0.25) is 39.2 Å². The number of nitrogens with zero attached hydrogens (tertiary/aromatic N) is 4. The molecule has 0 aromatic heterocycles. The molecule has 13 heteroatoms. The molecule has 1 unspecified atom stereocenters. The van der Waals surface area contributed by atoms with Crippen molar-refractivity contribution >= 4 is 48.1 Å². The molecule has 3 saturated heterocycles. The summed E-state index contributed by atoms with van der Waals surface area (Å²) in [6.45, 7) is 10.4. The number of allylic oxidation sites excluding steroid dienone is 1. The minimum absolute atomic E-state index is 0.0992. The first kappa shape index (κ1) is 41.0. The van der Waals surface area contributed by atoms with E-state index in [9.17, 15) is 19.2 Å². The lowest BCUT2D eigenvalue weighted by atomic mass is 9.88. The molecule has 2 N–H and O–H groups in total. The highest BCUT2D eigenvalue weighted by Gasteiger charge is 2.45. The molecule has 4 aliphatic rings. The van der Waals surface area contributed by atoms with E-state index in [-0.39, 0.29) is 18.7 Å². The van der Waals surface area contributed by atoms with E-state index in [0.29, 0.717) is 37.1 Å². The number of carbonyl (C=O) groups is 4. The van der Waals surface area contributed by atoms with Gasteiger partial charge in [-0.25, -0.2) is 0 Å². The van der Waals surface area contributed by atoms with Gasteiger partial charge in [0.05, 0.1) is 11.1 Å². The zero-order valence-corrected chi connectivity index (χ0v) is 34.1. The maximum atomic E-state index is 13.3. The zero-order valence-electron chi connectivity index (χ0n) is 34.1. The first-order chi connectivity index (χ1) is 29.3. The van der Waals surface area contributed by atoms with Crippen LogP contribution in [0.2, 0.25) is 0 Å². The Hall–Kier alpha value is -5.76. The number of nitrogens with one attached hydrogen (secondary N) is 1. The first-order valence-corrected chi connectivity index (χ1v) is 21.1. The predicted molar refractivity (Wildman–Crippen MR) is 231 cm³/mol. The molecule has 60 heavy (non-hydrogen) atoms. The molecule has 0 saturated carbocycles. The van der Waals surface area contributed by atoms with Crippen molar-refractivity contribution in [2.24, 2.45) is 5.92 Å². The largest absolute Gasteiger partial charge is 0.569 e. The van der Waals surface area contributed by atoms with Crippen molar-refractivity contribution in [3.8, 4) is 11.5 Å². The summed E-state index contributed by atoms with van der Waals surface area (Å²) in [6, 6.07) is 31.0. The molecule has 8 rings (SSSR count). The minimum atomic E-state index is -0.964. The van der Waals surface area contributed by atoms with Crippen molar-refractivity contribution in [2.45, 2.75) is 45.1 Å².